The monoisotopic (exact) mass is 299 g/mol. The maximum absolute atomic E-state index is 12.0. The Balaban J connectivity index is 1.94. The average Bonchev–Trinajstić information content (AvgIpc) is 2.53. The molecule has 2 aromatic carbocycles. The van der Waals surface area contributed by atoms with Gasteiger partial charge in [-0.15, -0.1) is 0 Å². The van der Waals surface area contributed by atoms with Crippen LogP contribution in [0.3, 0.4) is 0 Å². The number of benzene rings is 2. The van der Waals surface area contributed by atoms with E-state index in [1.54, 1.807) is 19.2 Å². The lowest BCUT2D eigenvalue weighted by molar-refractivity contribution is -0.118. The molecule has 0 heterocycles. The summed E-state index contributed by atoms with van der Waals surface area (Å²) < 4.78 is 10.7. The normalized spacial score (nSPS) is 10.4. The Morgan fingerprint density at radius 1 is 1.09 bits per heavy atom. The minimum atomic E-state index is -0.202. The fraction of sp³-hybridized carbons (Fsp3) is 0.278. The molecule has 4 heteroatoms. The van der Waals surface area contributed by atoms with Gasteiger partial charge in [-0.1, -0.05) is 38.1 Å². The van der Waals surface area contributed by atoms with Gasteiger partial charge in [-0.25, -0.2) is 0 Å². The first-order valence-electron chi connectivity index (χ1n) is 7.25. The highest BCUT2D eigenvalue weighted by Crippen LogP contribution is 2.25. The fourth-order valence-electron chi connectivity index (χ4n) is 2.05. The van der Waals surface area contributed by atoms with E-state index in [1.165, 1.54) is 5.56 Å². The first-order chi connectivity index (χ1) is 10.6. The van der Waals surface area contributed by atoms with Gasteiger partial charge < -0.3 is 14.8 Å². The van der Waals surface area contributed by atoms with Crippen molar-refractivity contribution in [2.45, 2.75) is 19.8 Å². The molecule has 0 bridgehead atoms. The van der Waals surface area contributed by atoms with Crippen LogP contribution in [-0.4, -0.2) is 19.6 Å². The van der Waals surface area contributed by atoms with Gasteiger partial charge in [-0.2, -0.15) is 0 Å². The van der Waals surface area contributed by atoms with Crippen molar-refractivity contribution in [1.82, 2.24) is 0 Å². The zero-order valence-corrected chi connectivity index (χ0v) is 13.1. The Morgan fingerprint density at radius 3 is 2.50 bits per heavy atom. The molecule has 0 atom stereocenters. The maximum Gasteiger partial charge on any atom is 0.262 e. The molecule has 0 aromatic heterocycles. The summed E-state index contributed by atoms with van der Waals surface area (Å²) in [6.07, 6.45) is 0. The van der Waals surface area contributed by atoms with E-state index in [1.807, 2.05) is 36.4 Å². The van der Waals surface area contributed by atoms with Crippen LogP contribution in [0.15, 0.2) is 48.5 Å². The summed E-state index contributed by atoms with van der Waals surface area (Å²) in [6, 6.07) is 15.1. The first kappa shape index (κ1) is 15.9. The van der Waals surface area contributed by atoms with Gasteiger partial charge in [-0.3, -0.25) is 4.79 Å². The molecule has 0 saturated carbocycles. The van der Waals surface area contributed by atoms with Crippen LogP contribution in [0, 0.1) is 0 Å². The SMILES string of the molecule is COc1ccccc1OCC(=O)Nc1cccc(C(C)C)c1. The number of nitrogens with one attached hydrogen (secondary N) is 1. The van der Waals surface area contributed by atoms with Crippen molar-refractivity contribution in [2.75, 3.05) is 19.0 Å². The third-order valence-electron chi connectivity index (χ3n) is 3.26. The van der Waals surface area contributed by atoms with Crippen LogP contribution in [0.5, 0.6) is 11.5 Å². The fourth-order valence-corrected chi connectivity index (χ4v) is 2.05. The summed E-state index contributed by atoms with van der Waals surface area (Å²) in [4.78, 5) is 12.0. The second-order valence-electron chi connectivity index (χ2n) is 5.27. The molecule has 0 unspecified atom stereocenters. The molecule has 0 radical (unpaired) electrons. The Hall–Kier alpha value is -2.49. The van der Waals surface area contributed by atoms with Crippen LogP contribution in [0.25, 0.3) is 0 Å². The molecular formula is C18H21NO3. The predicted octanol–water partition coefficient (Wildman–Crippen LogP) is 3.84. The van der Waals surface area contributed by atoms with E-state index in [0.29, 0.717) is 17.4 Å². The topological polar surface area (TPSA) is 47.6 Å². The zero-order chi connectivity index (χ0) is 15.9. The summed E-state index contributed by atoms with van der Waals surface area (Å²) in [5.74, 6) is 1.38. The number of methoxy groups -OCH3 is 1. The van der Waals surface area contributed by atoms with Gasteiger partial charge in [0.05, 0.1) is 7.11 Å². The third kappa shape index (κ3) is 4.25. The van der Waals surface area contributed by atoms with Crippen LogP contribution < -0.4 is 14.8 Å². The minimum absolute atomic E-state index is 0.0632. The summed E-state index contributed by atoms with van der Waals surface area (Å²) in [7, 11) is 1.57. The number of ether oxygens (including phenoxy) is 2. The van der Waals surface area contributed by atoms with Crippen molar-refractivity contribution in [3.05, 3.63) is 54.1 Å². The molecule has 2 rings (SSSR count). The number of carbonyl (C=O) groups is 1. The highest BCUT2D eigenvalue weighted by Gasteiger charge is 2.08. The van der Waals surface area contributed by atoms with Gasteiger partial charge in [0.1, 0.15) is 0 Å². The summed E-state index contributed by atoms with van der Waals surface area (Å²) in [5.41, 5.74) is 1.96. The summed E-state index contributed by atoms with van der Waals surface area (Å²) in [6.45, 7) is 4.17. The van der Waals surface area contributed by atoms with Gasteiger partial charge in [0, 0.05) is 5.69 Å². The smallest absolute Gasteiger partial charge is 0.262 e. The van der Waals surface area contributed by atoms with E-state index in [2.05, 4.69) is 19.2 Å². The highest BCUT2D eigenvalue weighted by atomic mass is 16.5. The van der Waals surface area contributed by atoms with Gasteiger partial charge in [0.2, 0.25) is 0 Å². The van der Waals surface area contributed by atoms with Crippen molar-refractivity contribution >= 4 is 11.6 Å². The molecule has 0 spiro atoms. The summed E-state index contributed by atoms with van der Waals surface area (Å²) in [5, 5.41) is 2.84. The summed E-state index contributed by atoms with van der Waals surface area (Å²) >= 11 is 0. The Bertz CT molecular complexity index is 638. The van der Waals surface area contributed by atoms with E-state index in [4.69, 9.17) is 9.47 Å². The molecule has 22 heavy (non-hydrogen) atoms. The second kappa shape index (κ2) is 7.50. The van der Waals surface area contributed by atoms with E-state index in [-0.39, 0.29) is 12.5 Å². The molecule has 0 fully saturated rings. The van der Waals surface area contributed by atoms with Gasteiger partial charge in [-0.05, 0) is 35.7 Å². The van der Waals surface area contributed by atoms with E-state index in [0.717, 1.165) is 5.69 Å². The maximum atomic E-state index is 12.0. The molecule has 1 amide bonds. The quantitative estimate of drug-likeness (QED) is 0.881. The minimum Gasteiger partial charge on any atom is -0.493 e. The Morgan fingerprint density at radius 2 is 1.82 bits per heavy atom. The van der Waals surface area contributed by atoms with Crippen molar-refractivity contribution in [3.63, 3.8) is 0 Å². The standard InChI is InChI=1S/C18H21NO3/c1-13(2)14-7-6-8-15(11-14)19-18(20)12-22-17-10-5-4-9-16(17)21-3/h4-11,13H,12H2,1-3H3,(H,19,20). The molecule has 1 N–H and O–H groups in total. The number of hydrogen-bond donors (Lipinski definition) is 1. The Kier molecular flexibility index (Phi) is 5.42. The van der Waals surface area contributed by atoms with Gasteiger partial charge in [0.25, 0.3) is 5.91 Å². The second-order valence-corrected chi connectivity index (χ2v) is 5.27. The van der Waals surface area contributed by atoms with Crippen molar-refractivity contribution in [3.8, 4) is 11.5 Å². The number of para-hydroxylation sites is 2. The lowest BCUT2D eigenvalue weighted by Gasteiger charge is -2.11. The highest BCUT2D eigenvalue weighted by molar-refractivity contribution is 5.92. The first-order valence-corrected chi connectivity index (χ1v) is 7.25. The number of anilines is 1. The average molecular weight is 299 g/mol. The number of hydrogen-bond acceptors (Lipinski definition) is 3. The lowest BCUT2D eigenvalue weighted by atomic mass is 10.0. The van der Waals surface area contributed by atoms with Crippen LogP contribution >= 0.6 is 0 Å². The van der Waals surface area contributed by atoms with Gasteiger partial charge in [0.15, 0.2) is 18.1 Å². The number of carbonyl (C=O) groups excluding carboxylic acids is 1. The van der Waals surface area contributed by atoms with E-state index >= 15 is 0 Å². The van der Waals surface area contributed by atoms with Crippen LogP contribution in [-0.2, 0) is 4.79 Å². The molecule has 0 aliphatic rings. The van der Waals surface area contributed by atoms with E-state index in [9.17, 15) is 4.79 Å². The van der Waals surface area contributed by atoms with Gasteiger partial charge >= 0.3 is 0 Å². The molecule has 0 aliphatic heterocycles. The molecule has 0 aliphatic carbocycles. The van der Waals surface area contributed by atoms with Crippen LogP contribution in [0.1, 0.15) is 25.3 Å². The zero-order valence-electron chi connectivity index (χ0n) is 13.1. The predicted molar refractivity (Wildman–Crippen MR) is 87.6 cm³/mol. The molecule has 4 nitrogen and oxygen atoms in total. The van der Waals surface area contributed by atoms with Crippen molar-refractivity contribution in [2.24, 2.45) is 0 Å². The molecule has 0 saturated heterocycles. The largest absolute Gasteiger partial charge is 0.493 e. The molecule has 116 valence electrons. The van der Waals surface area contributed by atoms with Crippen molar-refractivity contribution in [1.29, 1.82) is 0 Å². The molecular weight excluding hydrogens is 278 g/mol. The number of amides is 1. The van der Waals surface area contributed by atoms with E-state index < -0.39 is 0 Å². The third-order valence-corrected chi connectivity index (χ3v) is 3.26. The number of rotatable bonds is 6. The van der Waals surface area contributed by atoms with Crippen molar-refractivity contribution < 1.29 is 14.3 Å². The van der Waals surface area contributed by atoms with Crippen LogP contribution in [0.4, 0.5) is 5.69 Å². The molecule has 2 aromatic rings. The Labute approximate surface area is 131 Å². The van der Waals surface area contributed by atoms with Crippen LogP contribution in [0.2, 0.25) is 0 Å². The lowest BCUT2D eigenvalue weighted by Crippen LogP contribution is -2.20.